The number of carbonyl (C=O) groups excluding carboxylic acids is 3. The van der Waals surface area contributed by atoms with Crippen molar-refractivity contribution in [3.8, 4) is 0 Å². The molecule has 0 saturated heterocycles. The molecule has 0 heterocycles. The van der Waals surface area contributed by atoms with Gasteiger partial charge in [0, 0.05) is 19.3 Å². The molecule has 384 valence electrons. The van der Waals surface area contributed by atoms with Crippen LogP contribution in [0.3, 0.4) is 0 Å². The second-order valence-electron chi connectivity index (χ2n) is 18.5. The number of unbranched alkanes of at least 4 members (excludes halogenated alkanes) is 25. The normalized spacial score (nSPS) is 12.7. The van der Waals surface area contributed by atoms with Crippen molar-refractivity contribution in [2.75, 3.05) is 13.2 Å². The number of allylic oxidation sites excluding steroid dienone is 14. The van der Waals surface area contributed by atoms with Crippen molar-refractivity contribution in [3.05, 3.63) is 85.1 Å². The van der Waals surface area contributed by atoms with Crippen LogP contribution in [0.5, 0.6) is 0 Å². The zero-order chi connectivity index (χ0) is 48.6. The molecule has 0 bridgehead atoms. The zero-order valence-electron chi connectivity index (χ0n) is 43.9. The third kappa shape index (κ3) is 53.4. The molecular weight excluding hydrogens is 829 g/mol. The largest absolute Gasteiger partial charge is 0.462 e. The van der Waals surface area contributed by atoms with Crippen LogP contribution in [0, 0.1) is 0 Å². The molecule has 0 aliphatic rings. The lowest BCUT2D eigenvalue weighted by Crippen LogP contribution is -2.30. The van der Waals surface area contributed by atoms with Crippen molar-refractivity contribution >= 4 is 17.9 Å². The highest BCUT2D eigenvalue weighted by Gasteiger charge is 2.19. The van der Waals surface area contributed by atoms with Crippen LogP contribution >= 0.6 is 0 Å². The summed E-state index contributed by atoms with van der Waals surface area (Å²) in [6, 6.07) is 0. The third-order valence-electron chi connectivity index (χ3n) is 11.9. The van der Waals surface area contributed by atoms with E-state index in [0.717, 1.165) is 116 Å². The molecule has 0 aromatic rings. The van der Waals surface area contributed by atoms with Crippen LogP contribution in [0.25, 0.3) is 0 Å². The summed E-state index contributed by atoms with van der Waals surface area (Å²) >= 11 is 0. The van der Waals surface area contributed by atoms with E-state index in [2.05, 4.69) is 106 Å². The van der Waals surface area contributed by atoms with E-state index in [0.29, 0.717) is 19.3 Å². The van der Waals surface area contributed by atoms with E-state index in [4.69, 9.17) is 14.2 Å². The molecule has 1 atom stereocenters. The Kier molecular flexibility index (Phi) is 52.4. The topological polar surface area (TPSA) is 78.9 Å². The van der Waals surface area contributed by atoms with Crippen molar-refractivity contribution in [3.63, 3.8) is 0 Å². The molecule has 0 fully saturated rings. The number of hydrogen-bond donors (Lipinski definition) is 0. The monoisotopic (exact) mass is 933 g/mol. The van der Waals surface area contributed by atoms with Crippen LogP contribution in [0.1, 0.15) is 265 Å². The molecule has 0 radical (unpaired) electrons. The smallest absolute Gasteiger partial charge is 0.306 e. The Morgan fingerprint density at radius 2 is 0.582 bits per heavy atom. The van der Waals surface area contributed by atoms with Crippen molar-refractivity contribution in [2.24, 2.45) is 0 Å². The maximum absolute atomic E-state index is 12.8. The van der Waals surface area contributed by atoms with Gasteiger partial charge in [-0.2, -0.15) is 0 Å². The first-order chi connectivity index (χ1) is 33.0. The molecule has 0 aromatic heterocycles. The summed E-state index contributed by atoms with van der Waals surface area (Å²) in [6.07, 6.45) is 71.4. The minimum Gasteiger partial charge on any atom is -0.462 e. The first-order valence-electron chi connectivity index (χ1n) is 28.1. The number of ether oxygens (including phenoxy) is 3. The van der Waals surface area contributed by atoms with Gasteiger partial charge in [0.15, 0.2) is 6.10 Å². The van der Waals surface area contributed by atoms with Crippen LogP contribution in [-0.2, 0) is 28.6 Å². The SMILES string of the molecule is CC/C=C\C/C=C\C/C=C\C/C=C\C/C=C\CCCCCC(=O)OCC(COC(=O)CCCCCCC/C=C\CCCCC)OC(=O)CCCCCCC/C=C\CCCCCCCCCCC. The van der Waals surface area contributed by atoms with Gasteiger partial charge in [-0.15, -0.1) is 0 Å². The van der Waals surface area contributed by atoms with Crippen LogP contribution in [-0.4, -0.2) is 37.2 Å². The summed E-state index contributed by atoms with van der Waals surface area (Å²) in [7, 11) is 0. The Hall–Kier alpha value is -3.41. The highest BCUT2D eigenvalue weighted by atomic mass is 16.6. The fourth-order valence-corrected chi connectivity index (χ4v) is 7.63. The second-order valence-corrected chi connectivity index (χ2v) is 18.5. The first-order valence-corrected chi connectivity index (χ1v) is 28.1. The molecule has 0 spiro atoms. The summed E-state index contributed by atoms with van der Waals surface area (Å²) in [4.78, 5) is 38.1. The minimum absolute atomic E-state index is 0.0949. The standard InChI is InChI=1S/C61H104O6/c1-4-7-10-13-16-19-22-25-27-29-31-33-34-36-39-42-45-48-51-54-60(63)66-57-58(56-65-59(62)53-50-47-44-41-38-24-21-18-15-12-9-6-3)67-61(64)55-52-49-46-43-40-37-35-32-30-28-26-23-20-17-14-11-8-5-2/h7,10,16,18-19,21,25,27,31-33,35-36,39,58H,4-6,8-9,11-15,17,20,22-24,26,28-30,34,37-38,40-57H2,1-3H3/b10-7-,19-16-,21-18-,27-25-,33-31-,35-32-,39-36-. The predicted octanol–water partition coefficient (Wildman–Crippen LogP) is 18.8. The molecule has 0 aliphatic heterocycles. The molecular formula is C61H104O6. The van der Waals surface area contributed by atoms with E-state index in [1.807, 2.05) is 0 Å². The lowest BCUT2D eigenvalue weighted by molar-refractivity contribution is -0.167. The van der Waals surface area contributed by atoms with Gasteiger partial charge in [0.2, 0.25) is 0 Å². The number of esters is 3. The average molecular weight is 933 g/mol. The van der Waals surface area contributed by atoms with Crippen LogP contribution in [0.4, 0.5) is 0 Å². The lowest BCUT2D eigenvalue weighted by atomic mass is 10.1. The predicted molar refractivity (Wildman–Crippen MR) is 288 cm³/mol. The van der Waals surface area contributed by atoms with Crippen molar-refractivity contribution in [2.45, 2.75) is 271 Å². The zero-order valence-corrected chi connectivity index (χ0v) is 43.9. The summed E-state index contributed by atoms with van der Waals surface area (Å²) in [5, 5.41) is 0. The second kappa shape index (κ2) is 55.2. The maximum atomic E-state index is 12.8. The van der Waals surface area contributed by atoms with E-state index >= 15 is 0 Å². The van der Waals surface area contributed by atoms with Gasteiger partial charge in [0.05, 0.1) is 0 Å². The van der Waals surface area contributed by atoms with E-state index in [-0.39, 0.29) is 31.1 Å². The van der Waals surface area contributed by atoms with Gasteiger partial charge in [-0.25, -0.2) is 0 Å². The number of carbonyl (C=O) groups is 3. The number of hydrogen-bond acceptors (Lipinski definition) is 6. The summed E-state index contributed by atoms with van der Waals surface area (Å²) < 4.78 is 16.8. The van der Waals surface area contributed by atoms with E-state index < -0.39 is 6.10 Å². The molecule has 0 N–H and O–H groups in total. The van der Waals surface area contributed by atoms with Crippen molar-refractivity contribution in [1.82, 2.24) is 0 Å². The molecule has 0 aromatic carbocycles. The van der Waals surface area contributed by atoms with Gasteiger partial charge >= 0.3 is 17.9 Å². The minimum atomic E-state index is -0.798. The Bertz CT molecular complexity index is 1300. The molecule has 67 heavy (non-hydrogen) atoms. The summed E-state index contributed by atoms with van der Waals surface area (Å²) in [5.41, 5.74) is 0. The van der Waals surface area contributed by atoms with Crippen LogP contribution in [0.2, 0.25) is 0 Å². The molecule has 0 saturated carbocycles. The Labute approximate surface area is 414 Å². The number of rotatable bonds is 50. The van der Waals surface area contributed by atoms with Crippen molar-refractivity contribution < 1.29 is 28.6 Å². The lowest BCUT2D eigenvalue weighted by Gasteiger charge is -2.18. The fraction of sp³-hybridized carbons (Fsp3) is 0.721. The average Bonchev–Trinajstić information content (AvgIpc) is 3.33. The molecule has 1 unspecified atom stereocenters. The van der Waals surface area contributed by atoms with Crippen molar-refractivity contribution in [1.29, 1.82) is 0 Å². The molecule has 0 aliphatic carbocycles. The van der Waals surface area contributed by atoms with Gasteiger partial charge in [-0.05, 0) is 116 Å². The van der Waals surface area contributed by atoms with Crippen LogP contribution in [0.15, 0.2) is 85.1 Å². The van der Waals surface area contributed by atoms with Gasteiger partial charge < -0.3 is 14.2 Å². The van der Waals surface area contributed by atoms with Gasteiger partial charge in [-0.1, -0.05) is 215 Å². The quantitative estimate of drug-likeness (QED) is 0.0262. The summed E-state index contributed by atoms with van der Waals surface area (Å²) in [6.45, 7) is 6.47. The third-order valence-corrected chi connectivity index (χ3v) is 11.9. The first kappa shape index (κ1) is 63.6. The highest BCUT2D eigenvalue weighted by Crippen LogP contribution is 2.14. The van der Waals surface area contributed by atoms with E-state index in [1.165, 1.54) is 109 Å². The van der Waals surface area contributed by atoms with Gasteiger partial charge in [-0.3, -0.25) is 14.4 Å². The molecule has 6 heteroatoms. The van der Waals surface area contributed by atoms with E-state index in [9.17, 15) is 14.4 Å². The Morgan fingerprint density at radius 1 is 0.313 bits per heavy atom. The van der Waals surface area contributed by atoms with Crippen LogP contribution < -0.4 is 0 Å². The van der Waals surface area contributed by atoms with Gasteiger partial charge in [0.1, 0.15) is 13.2 Å². The maximum Gasteiger partial charge on any atom is 0.306 e. The summed E-state index contributed by atoms with van der Waals surface area (Å²) in [5.74, 6) is -0.941. The van der Waals surface area contributed by atoms with Gasteiger partial charge in [0.25, 0.3) is 0 Å². The Balaban J connectivity index is 4.44. The molecule has 0 rings (SSSR count). The highest BCUT2D eigenvalue weighted by molar-refractivity contribution is 5.71. The molecule has 0 amide bonds. The fourth-order valence-electron chi connectivity index (χ4n) is 7.63. The Morgan fingerprint density at radius 3 is 0.970 bits per heavy atom. The molecule has 6 nitrogen and oxygen atoms in total. The van der Waals surface area contributed by atoms with E-state index in [1.54, 1.807) is 0 Å².